The molecular weight excluding hydrogens is 340 g/mol. The lowest BCUT2D eigenvalue weighted by molar-refractivity contribution is -0.134. The number of fused-ring (bicyclic) bond motifs is 1. The van der Waals surface area contributed by atoms with E-state index in [2.05, 4.69) is 15.3 Å². The molecule has 0 bridgehead atoms. The summed E-state index contributed by atoms with van der Waals surface area (Å²) in [6.07, 6.45) is 4.75. The summed E-state index contributed by atoms with van der Waals surface area (Å²) in [5.74, 6) is -0.0767. The molecule has 1 aliphatic rings. The summed E-state index contributed by atoms with van der Waals surface area (Å²) in [7, 11) is 0. The predicted molar refractivity (Wildman–Crippen MR) is 104 cm³/mol. The van der Waals surface area contributed by atoms with Gasteiger partial charge in [-0.2, -0.15) is 5.06 Å². The van der Waals surface area contributed by atoms with Crippen LogP contribution in [0.3, 0.4) is 0 Å². The fourth-order valence-electron chi connectivity index (χ4n) is 3.51. The van der Waals surface area contributed by atoms with Crippen molar-refractivity contribution in [1.29, 1.82) is 0 Å². The van der Waals surface area contributed by atoms with E-state index in [9.17, 15) is 10.0 Å². The molecule has 6 nitrogen and oxygen atoms in total. The highest BCUT2D eigenvalue weighted by atomic mass is 16.5. The van der Waals surface area contributed by atoms with Crippen molar-refractivity contribution in [2.24, 2.45) is 5.41 Å². The summed E-state index contributed by atoms with van der Waals surface area (Å²) in [5, 5.41) is 15.5. The van der Waals surface area contributed by atoms with Crippen LogP contribution in [0.5, 0.6) is 0 Å². The molecule has 1 amide bonds. The number of hydrogen-bond acceptors (Lipinski definition) is 5. The third-order valence-electron chi connectivity index (χ3n) is 5.32. The number of amides is 1. The Labute approximate surface area is 157 Å². The van der Waals surface area contributed by atoms with Crippen molar-refractivity contribution in [3.63, 3.8) is 0 Å². The Morgan fingerprint density at radius 2 is 1.85 bits per heavy atom. The van der Waals surface area contributed by atoms with Crippen LogP contribution < -0.4 is 10.4 Å². The van der Waals surface area contributed by atoms with Gasteiger partial charge in [0, 0.05) is 17.8 Å². The number of aromatic nitrogens is 2. The van der Waals surface area contributed by atoms with E-state index in [0.717, 1.165) is 35.1 Å². The molecule has 27 heavy (non-hydrogen) atoms. The second kappa shape index (κ2) is 7.06. The normalized spacial score (nSPS) is 16.2. The molecule has 1 aromatic carbocycles. The van der Waals surface area contributed by atoms with E-state index in [0.29, 0.717) is 17.9 Å². The van der Waals surface area contributed by atoms with E-state index in [1.165, 1.54) is 0 Å². The van der Waals surface area contributed by atoms with Gasteiger partial charge in [-0.3, -0.25) is 15.0 Å². The van der Waals surface area contributed by atoms with E-state index in [4.69, 9.17) is 0 Å². The fourth-order valence-corrected chi connectivity index (χ4v) is 3.51. The highest BCUT2D eigenvalue weighted by Crippen LogP contribution is 2.32. The number of nitrogens with zero attached hydrogens (tertiary/aromatic N) is 3. The molecule has 0 radical (unpaired) electrons. The Bertz CT molecular complexity index is 983. The Hall–Kier alpha value is -2.83. The quantitative estimate of drug-likeness (QED) is 0.551. The number of anilines is 1. The fraction of sp³-hybridized carbons (Fsp3) is 0.286. The molecule has 2 aromatic heterocycles. The monoisotopic (exact) mass is 362 g/mol. The first-order chi connectivity index (χ1) is 13.1. The molecule has 1 saturated heterocycles. The molecule has 3 heterocycles. The maximum absolute atomic E-state index is 12.8. The second-order valence-electron chi connectivity index (χ2n) is 7.24. The third kappa shape index (κ3) is 3.41. The first-order valence-electron chi connectivity index (χ1n) is 9.12. The van der Waals surface area contributed by atoms with Crippen LogP contribution in [0.4, 0.5) is 5.82 Å². The van der Waals surface area contributed by atoms with E-state index in [1.54, 1.807) is 18.5 Å². The Kier molecular flexibility index (Phi) is 4.59. The minimum absolute atomic E-state index is 0.235. The number of benzene rings is 1. The van der Waals surface area contributed by atoms with Gasteiger partial charge in [-0.15, -0.1) is 0 Å². The highest BCUT2D eigenvalue weighted by molar-refractivity contribution is 5.95. The number of pyridine rings is 2. The van der Waals surface area contributed by atoms with Crippen LogP contribution in [0.2, 0.25) is 0 Å². The largest absolute Gasteiger partial charge is 0.317 e. The van der Waals surface area contributed by atoms with Gasteiger partial charge in [0.2, 0.25) is 0 Å². The Balaban J connectivity index is 1.64. The van der Waals surface area contributed by atoms with Crippen LogP contribution in [0.25, 0.3) is 22.0 Å². The Morgan fingerprint density at radius 1 is 1.07 bits per heavy atom. The Morgan fingerprint density at radius 3 is 2.67 bits per heavy atom. The molecule has 4 rings (SSSR count). The SMILES string of the molecule is CC1(C(=O)N(O)c2cc(-c3ccc4cccnc4c3)ccn2)CCNCC1. The second-order valence-corrected chi connectivity index (χ2v) is 7.24. The lowest BCUT2D eigenvalue weighted by atomic mass is 9.80. The summed E-state index contributed by atoms with van der Waals surface area (Å²) in [6.45, 7) is 3.44. The minimum Gasteiger partial charge on any atom is -0.317 e. The van der Waals surface area contributed by atoms with Crippen molar-refractivity contribution in [3.8, 4) is 11.1 Å². The van der Waals surface area contributed by atoms with Gasteiger partial charge in [-0.05, 0) is 61.3 Å². The summed E-state index contributed by atoms with van der Waals surface area (Å²) in [4.78, 5) is 21.4. The highest BCUT2D eigenvalue weighted by Gasteiger charge is 2.38. The van der Waals surface area contributed by atoms with E-state index in [-0.39, 0.29) is 11.7 Å². The van der Waals surface area contributed by atoms with E-state index in [1.807, 2.05) is 43.3 Å². The van der Waals surface area contributed by atoms with Crippen molar-refractivity contribution in [2.45, 2.75) is 19.8 Å². The average molecular weight is 362 g/mol. The number of piperidine rings is 1. The number of carbonyl (C=O) groups is 1. The van der Waals surface area contributed by atoms with Gasteiger partial charge in [0.15, 0.2) is 5.82 Å². The van der Waals surface area contributed by atoms with E-state index < -0.39 is 5.41 Å². The van der Waals surface area contributed by atoms with Crippen molar-refractivity contribution in [3.05, 3.63) is 54.9 Å². The number of hydrogen-bond donors (Lipinski definition) is 2. The summed E-state index contributed by atoms with van der Waals surface area (Å²) in [5.41, 5.74) is 2.14. The van der Waals surface area contributed by atoms with Gasteiger partial charge in [-0.1, -0.05) is 25.1 Å². The van der Waals surface area contributed by atoms with Gasteiger partial charge in [0.1, 0.15) is 0 Å². The summed E-state index contributed by atoms with van der Waals surface area (Å²) < 4.78 is 0. The molecule has 0 unspecified atom stereocenters. The van der Waals surface area contributed by atoms with Gasteiger partial charge in [-0.25, -0.2) is 4.98 Å². The molecule has 2 N–H and O–H groups in total. The molecular formula is C21H22N4O2. The minimum atomic E-state index is -0.579. The standard InChI is InChI=1S/C21H22N4O2/c1-21(7-11-22-12-8-21)20(26)25(27)19-14-17(6-10-24-19)16-5-4-15-3-2-9-23-18(15)13-16/h2-6,9-10,13-14,22,27H,7-8,11-12H2,1H3. The zero-order chi connectivity index (χ0) is 18.9. The van der Waals surface area contributed by atoms with Crippen molar-refractivity contribution >= 4 is 22.6 Å². The molecule has 0 saturated carbocycles. The first kappa shape index (κ1) is 17.6. The van der Waals surface area contributed by atoms with Gasteiger partial charge in [0.05, 0.1) is 10.9 Å². The summed E-state index contributed by atoms with van der Waals surface area (Å²) >= 11 is 0. The molecule has 0 spiro atoms. The zero-order valence-corrected chi connectivity index (χ0v) is 15.2. The van der Waals surface area contributed by atoms with Crippen molar-refractivity contribution in [1.82, 2.24) is 15.3 Å². The van der Waals surface area contributed by atoms with Crippen LogP contribution >= 0.6 is 0 Å². The number of rotatable bonds is 3. The van der Waals surface area contributed by atoms with Crippen LogP contribution in [0.1, 0.15) is 19.8 Å². The molecule has 1 fully saturated rings. The van der Waals surface area contributed by atoms with Gasteiger partial charge >= 0.3 is 0 Å². The van der Waals surface area contributed by atoms with Crippen LogP contribution in [-0.2, 0) is 4.79 Å². The molecule has 6 heteroatoms. The molecule has 1 aliphatic heterocycles. The molecule has 0 aliphatic carbocycles. The number of nitrogens with one attached hydrogen (secondary N) is 1. The lowest BCUT2D eigenvalue weighted by Crippen LogP contribution is -2.47. The van der Waals surface area contributed by atoms with Crippen LogP contribution in [0, 0.1) is 5.41 Å². The first-order valence-corrected chi connectivity index (χ1v) is 9.12. The van der Waals surface area contributed by atoms with Crippen molar-refractivity contribution < 1.29 is 10.0 Å². The van der Waals surface area contributed by atoms with Gasteiger partial charge < -0.3 is 5.32 Å². The smallest absolute Gasteiger partial charge is 0.258 e. The van der Waals surface area contributed by atoms with E-state index >= 15 is 0 Å². The maximum atomic E-state index is 12.8. The van der Waals surface area contributed by atoms with Crippen LogP contribution in [0.15, 0.2) is 54.9 Å². The number of hydroxylamine groups is 1. The molecule has 0 atom stereocenters. The predicted octanol–water partition coefficient (Wildman–Crippen LogP) is 3.41. The lowest BCUT2D eigenvalue weighted by Gasteiger charge is -2.34. The third-order valence-corrected chi connectivity index (χ3v) is 5.32. The topological polar surface area (TPSA) is 78.4 Å². The number of carbonyl (C=O) groups excluding carboxylic acids is 1. The molecule has 138 valence electrons. The van der Waals surface area contributed by atoms with Crippen molar-refractivity contribution in [2.75, 3.05) is 18.2 Å². The average Bonchev–Trinajstić information content (AvgIpc) is 2.73. The van der Waals surface area contributed by atoms with Crippen LogP contribution in [-0.4, -0.2) is 34.2 Å². The molecule has 3 aromatic rings. The maximum Gasteiger partial charge on any atom is 0.258 e. The zero-order valence-electron chi connectivity index (χ0n) is 15.2. The van der Waals surface area contributed by atoms with Gasteiger partial charge in [0.25, 0.3) is 5.91 Å². The summed E-state index contributed by atoms with van der Waals surface area (Å²) in [6, 6.07) is 13.5.